The fraction of sp³-hybridized carbons (Fsp3) is 0.400. The van der Waals surface area contributed by atoms with Gasteiger partial charge in [-0.05, 0) is 17.7 Å². The van der Waals surface area contributed by atoms with Crippen LogP contribution in [-0.2, 0) is 4.74 Å². The van der Waals surface area contributed by atoms with Gasteiger partial charge in [-0.3, -0.25) is 0 Å². The van der Waals surface area contributed by atoms with Crippen LogP contribution in [0.15, 0.2) is 28.8 Å². The van der Waals surface area contributed by atoms with Crippen LogP contribution in [0.25, 0.3) is 0 Å². The lowest BCUT2D eigenvalue weighted by Crippen LogP contribution is -2.47. The molecule has 1 aliphatic heterocycles. The predicted molar refractivity (Wildman–Crippen MR) is 83.3 cm³/mol. The number of rotatable bonds is 3. The van der Waals surface area contributed by atoms with E-state index >= 15 is 0 Å². The average molecular weight is 337 g/mol. The summed E-state index contributed by atoms with van der Waals surface area (Å²) in [6, 6.07) is 6.50. The van der Waals surface area contributed by atoms with E-state index in [1.165, 1.54) is 0 Å². The van der Waals surface area contributed by atoms with E-state index in [1.807, 2.05) is 12.1 Å². The molecule has 1 saturated heterocycles. The molecule has 0 radical (unpaired) electrons. The van der Waals surface area contributed by atoms with Gasteiger partial charge in [0.1, 0.15) is 6.04 Å². The van der Waals surface area contributed by atoms with E-state index in [-0.39, 0.29) is 6.03 Å². The van der Waals surface area contributed by atoms with Gasteiger partial charge in [-0.2, -0.15) is 4.98 Å². The third kappa shape index (κ3) is 3.80. The highest BCUT2D eigenvalue weighted by atomic mass is 35.5. The molecule has 0 unspecified atom stereocenters. The smallest absolute Gasteiger partial charge is 0.318 e. The molecule has 1 aromatic carbocycles. The molecule has 0 bridgehead atoms. The van der Waals surface area contributed by atoms with Crippen molar-refractivity contribution in [3.05, 3.63) is 46.6 Å². The van der Waals surface area contributed by atoms with Gasteiger partial charge in [0.25, 0.3) is 0 Å². The van der Waals surface area contributed by atoms with E-state index in [0.717, 1.165) is 5.56 Å². The Morgan fingerprint density at radius 3 is 2.61 bits per heavy atom. The second kappa shape index (κ2) is 6.97. The van der Waals surface area contributed by atoms with Crippen molar-refractivity contribution < 1.29 is 14.1 Å². The van der Waals surface area contributed by atoms with E-state index in [9.17, 15) is 4.79 Å². The minimum absolute atomic E-state index is 0.185. The number of halogens is 1. The zero-order chi connectivity index (χ0) is 16.2. The summed E-state index contributed by atoms with van der Waals surface area (Å²) in [5, 5.41) is 7.51. The number of morpholine rings is 1. The van der Waals surface area contributed by atoms with Crippen LogP contribution in [0.5, 0.6) is 0 Å². The highest BCUT2D eigenvalue weighted by molar-refractivity contribution is 6.30. The van der Waals surface area contributed by atoms with E-state index in [0.29, 0.717) is 43.0 Å². The normalized spacial score (nSPS) is 16.2. The molecule has 122 valence electrons. The first-order chi connectivity index (χ1) is 11.1. The number of amides is 2. The number of benzene rings is 1. The van der Waals surface area contributed by atoms with Crippen LogP contribution in [0, 0.1) is 6.92 Å². The highest BCUT2D eigenvalue weighted by Crippen LogP contribution is 2.22. The van der Waals surface area contributed by atoms with Gasteiger partial charge in [0.15, 0.2) is 5.82 Å². The van der Waals surface area contributed by atoms with Crippen molar-refractivity contribution in [3.63, 3.8) is 0 Å². The minimum Gasteiger partial charge on any atom is -0.378 e. The number of aromatic nitrogens is 2. The van der Waals surface area contributed by atoms with Crippen LogP contribution < -0.4 is 5.32 Å². The van der Waals surface area contributed by atoms with Gasteiger partial charge >= 0.3 is 6.03 Å². The van der Waals surface area contributed by atoms with E-state index in [2.05, 4.69) is 15.5 Å². The Balaban J connectivity index is 1.82. The molecule has 7 nitrogen and oxygen atoms in total. The van der Waals surface area contributed by atoms with Gasteiger partial charge in [-0.15, -0.1) is 0 Å². The van der Waals surface area contributed by atoms with Crippen molar-refractivity contribution in [1.29, 1.82) is 0 Å². The number of nitrogens with zero attached hydrogens (tertiary/aromatic N) is 3. The molecule has 1 aromatic heterocycles. The van der Waals surface area contributed by atoms with Gasteiger partial charge in [0, 0.05) is 25.0 Å². The third-order valence-electron chi connectivity index (χ3n) is 3.57. The summed E-state index contributed by atoms with van der Waals surface area (Å²) >= 11 is 5.93. The van der Waals surface area contributed by atoms with Gasteiger partial charge < -0.3 is 19.5 Å². The first kappa shape index (κ1) is 15.8. The molecule has 1 N–H and O–H groups in total. The Bertz CT molecular complexity index is 668. The first-order valence-electron chi connectivity index (χ1n) is 7.32. The summed E-state index contributed by atoms with van der Waals surface area (Å²) in [5.41, 5.74) is 0.830. The maximum atomic E-state index is 12.5. The molecule has 1 fully saturated rings. The number of hydrogen-bond donors (Lipinski definition) is 1. The molecule has 1 atom stereocenters. The lowest BCUT2D eigenvalue weighted by Gasteiger charge is -2.28. The molecular formula is C15H17ClN4O3. The molecule has 2 heterocycles. The molecule has 0 spiro atoms. The van der Waals surface area contributed by atoms with Crippen molar-refractivity contribution in [2.45, 2.75) is 13.0 Å². The number of aryl methyl sites for hydroxylation is 1. The van der Waals surface area contributed by atoms with Crippen LogP contribution in [0.3, 0.4) is 0 Å². The standard InChI is InChI=1S/C15H17ClN4O3/c1-10-17-14(19-23-10)13(11-2-4-12(16)5-3-11)18-15(21)20-6-8-22-9-7-20/h2-5,13H,6-9H2,1H3,(H,18,21)/t13-/m0/s1. The first-order valence-corrected chi connectivity index (χ1v) is 7.70. The molecule has 0 saturated carbocycles. The van der Waals surface area contributed by atoms with E-state index < -0.39 is 6.04 Å². The SMILES string of the molecule is Cc1nc([C@@H](NC(=O)N2CCOCC2)c2ccc(Cl)cc2)no1. The Labute approximate surface area is 138 Å². The number of nitrogens with one attached hydrogen (secondary N) is 1. The van der Waals surface area contributed by atoms with Gasteiger partial charge in [0.05, 0.1) is 13.2 Å². The van der Waals surface area contributed by atoms with Crippen molar-refractivity contribution in [2.24, 2.45) is 0 Å². The Morgan fingerprint density at radius 1 is 1.30 bits per heavy atom. The predicted octanol–water partition coefficient (Wildman–Crippen LogP) is 2.16. The Morgan fingerprint density at radius 2 is 2.00 bits per heavy atom. The van der Waals surface area contributed by atoms with Gasteiger partial charge in [-0.1, -0.05) is 28.9 Å². The quantitative estimate of drug-likeness (QED) is 0.929. The lowest BCUT2D eigenvalue weighted by molar-refractivity contribution is 0.0527. The van der Waals surface area contributed by atoms with E-state index in [1.54, 1.807) is 24.0 Å². The summed E-state index contributed by atoms with van der Waals surface area (Å²) in [4.78, 5) is 18.4. The van der Waals surface area contributed by atoms with Crippen LogP contribution in [0.1, 0.15) is 23.3 Å². The van der Waals surface area contributed by atoms with Gasteiger partial charge in [0.2, 0.25) is 5.89 Å². The number of ether oxygens (including phenoxy) is 1. The molecule has 1 aliphatic rings. The molecule has 8 heteroatoms. The average Bonchev–Trinajstić information content (AvgIpc) is 3.00. The molecule has 0 aliphatic carbocycles. The van der Waals surface area contributed by atoms with Crippen LogP contribution >= 0.6 is 11.6 Å². The number of hydrogen-bond acceptors (Lipinski definition) is 5. The third-order valence-corrected chi connectivity index (χ3v) is 3.82. The molecule has 2 aromatic rings. The Kier molecular flexibility index (Phi) is 4.78. The summed E-state index contributed by atoms with van der Waals surface area (Å²) in [7, 11) is 0. The molecular weight excluding hydrogens is 320 g/mol. The highest BCUT2D eigenvalue weighted by Gasteiger charge is 2.25. The topological polar surface area (TPSA) is 80.5 Å². The fourth-order valence-corrected chi connectivity index (χ4v) is 2.49. The molecule has 3 rings (SSSR count). The second-order valence-electron chi connectivity index (χ2n) is 5.21. The summed E-state index contributed by atoms with van der Waals surface area (Å²) < 4.78 is 10.3. The zero-order valence-corrected chi connectivity index (χ0v) is 13.4. The maximum Gasteiger partial charge on any atom is 0.318 e. The van der Waals surface area contributed by atoms with E-state index in [4.69, 9.17) is 20.9 Å². The molecule has 23 heavy (non-hydrogen) atoms. The van der Waals surface area contributed by atoms with Crippen molar-refractivity contribution in [2.75, 3.05) is 26.3 Å². The maximum absolute atomic E-state index is 12.5. The van der Waals surface area contributed by atoms with Crippen LogP contribution in [0.4, 0.5) is 4.79 Å². The Hall–Kier alpha value is -2.12. The van der Waals surface area contributed by atoms with Gasteiger partial charge in [-0.25, -0.2) is 4.79 Å². The number of carbonyl (C=O) groups is 1. The largest absolute Gasteiger partial charge is 0.378 e. The summed E-state index contributed by atoms with van der Waals surface area (Å²) in [6.45, 7) is 3.91. The van der Waals surface area contributed by atoms with Crippen molar-refractivity contribution in [1.82, 2.24) is 20.4 Å². The fourth-order valence-electron chi connectivity index (χ4n) is 2.37. The monoisotopic (exact) mass is 336 g/mol. The zero-order valence-electron chi connectivity index (χ0n) is 12.7. The van der Waals surface area contributed by atoms with Crippen molar-refractivity contribution >= 4 is 17.6 Å². The number of carbonyl (C=O) groups excluding carboxylic acids is 1. The van der Waals surface area contributed by atoms with Crippen LogP contribution in [-0.4, -0.2) is 47.4 Å². The lowest BCUT2D eigenvalue weighted by atomic mass is 10.1. The summed E-state index contributed by atoms with van der Waals surface area (Å²) in [5.74, 6) is 0.853. The van der Waals surface area contributed by atoms with Crippen LogP contribution in [0.2, 0.25) is 5.02 Å². The second-order valence-corrected chi connectivity index (χ2v) is 5.64. The van der Waals surface area contributed by atoms with Crippen molar-refractivity contribution in [3.8, 4) is 0 Å². The summed E-state index contributed by atoms with van der Waals surface area (Å²) in [6.07, 6.45) is 0. The minimum atomic E-state index is -0.500. The number of urea groups is 1. The molecule has 2 amide bonds.